The van der Waals surface area contributed by atoms with Crippen molar-refractivity contribution in [3.8, 4) is 0 Å². The van der Waals surface area contributed by atoms with E-state index in [9.17, 15) is 9.90 Å². The lowest BCUT2D eigenvalue weighted by Crippen LogP contribution is -2.35. The summed E-state index contributed by atoms with van der Waals surface area (Å²) in [6, 6.07) is 6.41. The third-order valence-electron chi connectivity index (χ3n) is 6.89. The molecule has 8 nitrogen and oxygen atoms in total. The number of H-pyrrole nitrogens is 1. The van der Waals surface area contributed by atoms with Gasteiger partial charge in [-0.25, -0.2) is 4.68 Å². The molecule has 1 saturated carbocycles. The molecule has 8 heteroatoms. The van der Waals surface area contributed by atoms with Gasteiger partial charge in [0, 0.05) is 29.6 Å². The van der Waals surface area contributed by atoms with Crippen LogP contribution in [-0.4, -0.2) is 48.3 Å². The summed E-state index contributed by atoms with van der Waals surface area (Å²) in [5.41, 5.74) is 3.74. The standard InChI is InChI=1S/C25H36N6O2/c1-4-8-23(24-27-28-29-31(24)20-9-6-5-7-10-20)30(11-12-32)16-19-15-21-18(3)13-17(2)14-22(21)26-25(19)33/h13-15,20,23,32H,4-12,16H2,1-3H3,(H,26,33). The fraction of sp³-hybridized carbons (Fsp3) is 0.600. The molecular formula is C25H36N6O2. The normalized spacial score (nSPS) is 16.0. The highest BCUT2D eigenvalue weighted by Gasteiger charge is 2.29. The van der Waals surface area contributed by atoms with Crippen LogP contribution >= 0.6 is 0 Å². The number of hydrogen-bond donors (Lipinski definition) is 2. The Hall–Kier alpha value is -2.58. The third-order valence-corrected chi connectivity index (χ3v) is 6.89. The molecule has 1 aliphatic carbocycles. The summed E-state index contributed by atoms with van der Waals surface area (Å²) in [6.07, 6.45) is 7.68. The van der Waals surface area contributed by atoms with E-state index in [1.165, 1.54) is 19.3 Å². The van der Waals surface area contributed by atoms with E-state index < -0.39 is 0 Å². The van der Waals surface area contributed by atoms with Gasteiger partial charge < -0.3 is 10.1 Å². The number of aromatic nitrogens is 5. The summed E-state index contributed by atoms with van der Waals surface area (Å²) in [4.78, 5) is 18.2. The van der Waals surface area contributed by atoms with Crippen molar-refractivity contribution in [2.45, 2.75) is 84.3 Å². The predicted molar refractivity (Wildman–Crippen MR) is 129 cm³/mol. The number of benzene rings is 1. The van der Waals surface area contributed by atoms with Crippen LogP contribution in [0, 0.1) is 13.8 Å². The lowest BCUT2D eigenvalue weighted by molar-refractivity contribution is 0.124. The van der Waals surface area contributed by atoms with Gasteiger partial charge in [-0.1, -0.05) is 38.7 Å². The fourth-order valence-corrected chi connectivity index (χ4v) is 5.28. The summed E-state index contributed by atoms with van der Waals surface area (Å²) in [5, 5.41) is 23.8. The molecule has 2 aromatic heterocycles. The Balaban J connectivity index is 1.69. The average Bonchev–Trinajstić information content (AvgIpc) is 3.28. The maximum Gasteiger partial charge on any atom is 0.252 e. The van der Waals surface area contributed by atoms with Crippen LogP contribution in [0.15, 0.2) is 23.0 Å². The van der Waals surface area contributed by atoms with E-state index >= 15 is 0 Å². The number of hydrogen-bond acceptors (Lipinski definition) is 6. The van der Waals surface area contributed by atoms with E-state index in [1.807, 2.05) is 23.7 Å². The third kappa shape index (κ3) is 5.17. The van der Waals surface area contributed by atoms with Crippen molar-refractivity contribution >= 4 is 10.9 Å². The van der Waals surface area contributed by atoms with Crippen molar-refractivity contribution in [1.82, 2.24) is 30.1 Å². The second kappa shape index (κ2) is 10.6. The number of aryl methyl sites for hydroxylation is 2. The maximum atomic E-state index is 13.0. The first kappa shape index (κ1) is 23.6. The minimum absolute atomic E-state index is 0.00885. The second-order valence-electron chi connectivity index (χ2n) is 9.44. The summed E-state index contributed by atoms with van der Waals surface area (Å²) in [6.45, 7) is 7.14. The smallest absolute Gasteiger partial charge is 0.252 e. The van der Waals surface area contributed by atoms with Gasteiger partial charge in [-0.2, -0.15) is 0 Å². The molecule has 0 radical (unpaired) electrons. The Morgan fingerprint density at radius 1 is 1.21 bits per heavy atom. The molecule has 0 amide bonds. The van der Waals surface area contributed by atoms with Gasteiger partial charge in [0.2, 0.25) is 0 Å². The van der Waals surface area contributed by atoms with Crippen LogP contribution in [0.3, 0.4) is 0 Å². The van der Waals surface area contributed by atoms with Crippen molar-refractivity contribution in [2.75, 3.05) is 13.2 Å². The van der Waals surface area contributed by atoms with Crippen LogP contribution < -0.4 is 5.56 Å². The number of tetrazole rings is 1. The van der Waals surface area contributed by atoms with E-state index in [0.29, 0.717) is 24.7 Å². The first-order chi connectivity index (χ1) is 16.0. The summed E-state index contributed by atoms with van der Waals surface area (Å²) in [5.74, 6) is 0.848. The van der Waals surface area contributed by atoms with Gasteiger partial charge in [-0.15, -0.1) is 5.10 Å². The van der Waals surface area contributed by atoms with Crippen molar-refractivity contribution < 1.29 is 5.11 Å². The van der Waals surface area contributed by atoms with Crippen molar-refractivity contribution in [1.29, 1.82) is 0 Å². The van der Waals surface area contributed by atoms with Crippen LogP contribution in [0.5, 0.6) is 0 Å². The largest absolute Gasteiger partial charge is 0.395 e. The number of aliphatic hydroxyl groups excluding tert-OH is 1. The highest BCUT2D eigenvalue weighted by molar-refractivity contribution is 5.83. The molecule has 0 bridgehead atoms. The molecule has 3 aromatic rings. The van der Waals surface area contributed by atoms with Crippen LogP contribution in [0.25, 0.3) is 10.9 Å². The molecule has 0 aliphatic heterocycles. The van der Waals surface area contributed by atoms with Gasteiger partial charge in [-0.3, -0.25) is 9.69 Å². The van der Waals surface area contributed by atoms with Crippen LogP contribution in [0.1, 0.15) is 86.5 Å². The Labute approximate surface area is 195 Å². The number of rotatable bonds is 9. The molecule has 2 N–H and O–H groups in total. The number of fused-ring (bicyclic) bond motifs is 1. The van der Waals surface area contributed by atoms with Gasteiger partial charge >= 0.3 is 0 Å². The molecule has 1 aliphatic rings. The summed E-state index contributed by atoms with van der Waals surface area (Å²) >= 11 is 0. The number of nitrogens with one attached hydrogen (secondary N) is 1. The van der Waals surface area contributed by atoms with Crippen LogP contribution in [0.4, 0.5) is 0 Å². The maximum absolute atomic E-state index is 13.0. The monoisotopic (exact) mass is 452 g/mol. The fourth-order valence-electron chi connectivity index (χ4n) is 5.28. The minimum atomic E-state index is -0.0856. The molecule has 1 aromatic carbocycles. The van der Waals surface area contributed by atoms with Crippen molar-refractivity contribution in [3.63, 3.8) is 0 Å². The minimum Gasteiger partial charge on any atom is -0.395 e. The number of nitrogens with zero attached hydrogens (tertiary/aromatic N) is 5. The molecule has 178 valence electrons. The van der Waals surface area contributed by atoms with E-state index in [-0.39, 0.29) is 18.2 Å². The Bertz CT molecular complexity index is 1130. The van der Waals surface area contributed by atoms with Crippen LogP contribution in [0.2, 0.25) is 0 Å². The summed E-state index contributed by atoms with van der Waals surface area (Å²) < 4.78 is 2.02. The molecule has 1 unspecified atom stereocenters. The van der Waals surface area contributed by atoms with Gasteiger partial charge in [0.1, 0.15) is 0 Å². The zero-order valence-corrected chi connectivity index (χ0v) is 20.0. The van der Waals surface area contributed by atoms with Gasteiger partial charge in [0.25, 0.3) is 5.56 Å². The first-order valence-electron chi connectivity index (χ1n) is 12.3. The van der Waals surface area contributed by atoms with Gasteiger partial charge in [0.05, 0.1) is 18.7 Å². The summed E-state index contributed by atoms with van der Waals surface area (Å²) in [7, 11) is 0. The average molecular weight is 453 g/mol. The molecule has 1 fully saturated rings. The van der Waals surface area contributed by atoms with E-state index in [4.69, 9.17) is 0 Å². The zero-order valence-electron chi connectivity index (χ0n) is 20.0. The molecule has 33 heavy (non-hydrogen) atoms. The number of aromatic amines is 1. The Kier molecular flexibility index (Phi) is 7.55. The van der Waals surface area contributed by atoms with Gasteiger partial charge in [0.15, 0.2) is 5.82 Å². The lowest BCUT2D eigenvalue weighted by Gasteiger charge is -2.32. The highest BCUT2D eigenvalue weighted by Crippen LogP contribution is 2.32. The molecule has 2 heterocycles. The second-order valence-corrected chi connectivity index (χ2v) is 9.44. The zero-order chi connectivity index (χ0) is 23.4. The predicted octanol–water partition coefficient (Wildman–Crippen LogP) is 3.97. The van der Waals surface area contributed by atoms with Crippen molar-refractivity contribution in [2.24, 2.45) is 0 Å². The lowest BCUT2D eigenvalue weighted by atomic mass is 9.95. The van der Waals surface area contributed by atoms with Crippen LogP contribution in [-0.2, 0) is 6.54 Å². The quantitative estimate of drug-likeness (QED) is 0.510. The SMILES string of the molecule is CCCC(c1nnnn1C1CCCCC1)N(CCO)Cc1cc2c(C)cc(C)cc2[nH]c1=O. The van der Waals surface area contributed by atoms with Crippen molar-refractivity contribution in [3.05, 3.63) is 51.1 Å². The Morgan fingerprint density at radius 2 is 2.00 bits per heavy atom. The van der Waals surface area contributed by atoms with Gasteiger partial charge in [-0.05, 0) is 66.8 Å². The van der Waals surface area contributed by atoms with E-state index in [1.54, 1.807) is 0 Å². The Morgan fingerprint density at radius 3 is 2.73 bits per heavy atom. The number of pyridine rings is 1. The van der Waals surface area contributed by atoms with E-state index in [0.717, 1.165) is 53.5 Å². The first-order valence-corrected chi connectivity index (χ1v) is 12.3. The molecular weight excluding hydrogens is 416 g/mol. The molecule has 0 saturated heterocycles. The number of aliphatic hydroxyl groups is 1. The highest BCUT2D eigenvalue weighted by atomic mass is 16.3. The van der Waals surface area contributed by atoms with E-state index in [2.05, 4.69) is 45.3 Å². The molecule has 0 spiro atoms. The topological polar surface area (TPSA) is 99.9 Å². The molecule has 1 atom stereocenters. The molecule has 4 rings (SSSR count).